The summed E-state index contributed by atoms with van der Waals surface area (Å²) in [4.78, 5) is 26.7. The monoisotopic (exact) mass is 347 g/mol. The summed E-state index contributed by atoms with van der Waals surface area (Å²) in [7, 11) is 1.85. The molecule has 2 heterocycles. The maximum Gasteiger partial charge on any atom is 0.311 e. The maximum absolute atomic E-state index is 13.1. The zero-order valence-electron chi connectivity index (χ0n) is 15.5. The second-order valence-corrected chi connectivity index (χ2v) is 8.03. The lowest BCUT2D eigenvalue weighted by Crippen LogP contribution is -2.40. The minimum Gasteiger partial charge on any atom is -0.481 e. The highest BCUT2D eigenvalue weighted by atomic mass is 16.4. The number of nitrogens with zero attached hydrogens (tertiary/aromatic N) is 3. The fourth-order valence-electron chi connectivity index (χ4n) is 4.42. The lowest BCUT2D eigenvalue weighted by Gasteiger charge is -2.28. The van der Waals surface area contributed by atoms with Crippen LogP contribution in [0.2, 0.25) is 0 Å². The van der Waals surface area contributed by atoms with Gasteiger partial charge in [0, 0.05) is 32.3 Å². The van der Waals surface area contributed by atoms with E-state index >= 15 is 0 Å². The summed E-state index contributed by atoms with van der Waals surface area (Å²) in [6.07, 6.45) is 8.13. The molecule has 6 nitrogen and oxygen atoms in total. The Morgan fingerprint density at radius 2 is 1.96 bits per heavy atom. The number of hydrogen-bond donors (Lipinski definition) is 1. The standard InChI is InChI=1S/C19H29N3O3/c1-13(2)19(18(24)25)9-10-22(12-19)17(23)15-11-21(3)20-16(15)14-7-5-4-6-8-14/h11,13-14H,4-10,12H2,1-3H3,(H,24,25). The molecule has 1 N–H and O–H groups in total. The van der Waals surface area contributed by atoms with Gasteiger partial charge >= 0.3 is 5.97 Å². The van der Waals surface area contributed by atoms with Gasteiger partial charge in [0.1, 0.15) is 0 Å². The lowest BCUT2D eigenvalue weighted by molar-refractivity contribution is -0.150. The molecular formula is C19H29N3O3. The number of hydrogen-bond acceptors (Lipinski definition) is 3. The summed E-state index contributed by atoms with van der Waals surface area (Å²) in [5.41, 5.74) is 0.743. The van der Waals surface area contributed by atoms with Crippen LogP contribution in [0.1, 0.15) is 74.3 Å². The van der Waals surface area contributed by atoms with Gasteiger partial charge in [-0.25, -0.2) is 0 Å². The highest BCUT2D eigenvalue weighted by Gasteiger charge is 2.49. The van der Waals surface area contributed by atoms with E-state index in [1.54, 1.807) is 9.58 Å². The summed E-state index contributed by atoms with van der Waals surface area (Å²) in [6, 6.07) is 0. The molecule has 1 aromatic heterocycles. The Bertz CT molecular complexity index is 661. The number of amides is 1. The van der Waals surface area contributed by atoms with E-state index in [1.807, 2.05) is 27.1 Å². The number of carbonyl (C=O) groups excluding carboxylic acids is 1. The van der Waals surface area contributed by atoms with E-state index in [0.29, 0.717) is 24.4 Å². The fraction of sp³-hybridized carbons (Fsp3) is 0.737. The first-order chi connectivity index (χ1) is 11.8. The Morgan fingerprint density at radius 1 is 1.28 bits per heavy atom. The zero-order valence-corrected chi connectivity index (χ0v) is 15.5. The molecular weight excluding hydrogens is 318 g/mol. The molecule has 1 amide bonds. The van der Waals surface area contributed by atoms with Gasteiger partial charge in [0.25, 0.3) is 5.91 Å². The number of aliphatic carboxylic acids is 1. The van der Waals surface area contributed by atoms with Gasteiger partial charge in [-0.1, -0.05) is 33.1 Å². The predicted octanol–water partition coefficient (Wildman–Crippen LogP) is 3.04. The van der Waals surface area contributed by atoms with Gasteiger partial charge in [-0.15, -0.1) is 0 Å². The van der Waals surface area contributed by atoms with Crippen LogP contribution in [0.25, 0.3) is 0 Å². The molecule has 0 radical (unpaired) electrons. The molecule has 138 valence electrons. The SMILES string of the molecule is CC(C)C1(C(=O)O)CCN(C(=O)c2cn(C)nc2C2CCCCC2)C1. The third-order valence-corrected chi connectivity index (χ3v) is 6.20. The van der Waals surface area contributed by atoms with E-state index in [0.717, 1.165) is 18.5 Å². The summed E-state index contributed by atoms with van der Waals surface area (Å²) in [6.45, 7) is 4.65. The normalized spacial score (nSPS) is 24.9. The minimum atomic E-state index is -0.830. The molecule has 0 bridgehead atoms. The van der Waals surface area contributed by atoms with Gasteiger partial charge in [0.05, 0.1) is 16.7 Å². The molecule has 25 heavy (non-hydrogen) atoms. The van der Waals surface area contributed by atoms with Crippen molar-refractivity contribution in [1.29, 1.82) is 0 Å². The van der Waals surface area contributed by atoms with Gasteiger partial charge in [0.15, 0.2) is 0 Å². The van der Waals surface area contributed by atoms with E-state index in [9.17, 15) is 14.7 Å². The van der Waals surface area contributed by atoms with Crippen LogP contribution >= 0.6 is 0 Å². The minimum absolute atomic E-state index is 0.00508. The molecule has 1 aliphatic carbocycles. The van der Waals surface area contributed by atoms with Crippen molar-refractivity contribution < 1.29 is 14.7 Å². The lowest BCUT2D eigenvalue weighted by atomic mass is 9.76. The molecule has 1 saturated carbocycles. The second kappa shape index (κ2) is 6.81. The van der Waals surface area contributed by atoms with Crippen LogP contribution in [0.4, 0.5) is 0 Å². The van der Waals surface area contributed by atoms with Crippen molar-refractivity contribution in [3.8, 4) is 0 Å². The maximum atomic E-state index is 13.1. The number of carboxylic acid groups (broad SMARTS) is 1. The van der Waals surface area contributed by atoms with Crippen molar-refractivity contribution in [1.82, 2.24) is 14.7 Å². The molecule has 0 aromatic carbocycles. The number of likely N-dealkylation sites (tertiary alicyclic amines) is 1. The zero-order chi connectivity index (χ0) is 18.2. The molecule has 1 atom stereocenters. The molecule has 1 aliphatic heterocycles. The van der Waals surface area contributed by atoms with Crippen LogP contribution in [0.3, 0.4) is 0 Å². The van der Waals surface area contributed by atoms with Gasteiger partial charge in [0.2, 0.25) is 0 Å². The van der Waals surface area contributed by atoms with Gasteiger partial charge in [-0.05, 0) is 25.2 Å². The highest BCUT2D eigenvalue weighted by Crippen LogP contribution is 2.40. The van der Waals surface area contributed by atoms with E-state index < -0.39 is 11.4 Å². The Kier molecular flexibility index (Phi) is 4.89. The number of carboxylic acids is 1. The summed E-state index contributed by atoms with van der Waals surface area (Å²) >= 11 is 0. The first-order valence-corrected chi connectivity index (χ1v) is 9.41. The van der Waals surface area contributed by atoms with Crippen molar-refractivity contribution in [2.24, 2.45) is 18.4 Å². The van der Waals surface area contributed by atoms with E-state index in [-0.39, 0.29) is 18.4 Å². The first-order valence-electron chi connectivity index (χ1n) is 9.41. The summed E-state index contributed by atoms with van der Waals surface area (Å²) in [5.74, 6) is -0.505. The molecule has 6 heteroatoms. The van der Waals surface area contributed by atoms with E-state index in [2.05, 4.69) is 5.10 Å². The van der Waals surface area contributed by atoms with Crippen LogP contribution in [-0.2, 0) is 11.8 Å². The molecule has 2 aliphatic rings. The molecule has 0 spiro atoms. The number of carbonyl (C=O) groups is 2. The van der Waals surface area contributed by atoms with Crippen molar-refractivity contribution in [3.05, 3.63) is 17.5 Å². The summed E-state index contributed by atoms with van der Waals surface area (Å²) < 4.78 is 1.72. The van der Waals surface area contributed by atoms with Crippen LogP contribution in [0, 0.1) is 11.3 Å². The van der Waals surface area contributed by atoms with Gasteiger partial charge in [-0.2, -0.15) is 5.10 Å². The number of aromatic nitrogens is 2. The van der Waals surface area contributed by atoms with Gasteiger partial charge < -0.3 is 10.0 Å². The molecule has 1 saturated heterocycles. The third kappa shape index (κ3) is 3.18. The fourth-order valence-corrected chi connectivity index (χ4v) is 4.42. The Hall–Kier alpha value is -1.85. The third-order valence-electron chi connectivity index (χ3n) is 6.20. The van der Waals surface area contributed by atoms with E-state index in [1.165, 1.54) is 19.3 Å². The van der Waals surface area contributed by atoms with Crippen LogP contribution in [0.5, 0.6) is 0 Å². The largest absolute Gasteiger partial charge is 0.481 e. The average molecular weight is 347 g/mol. The van der Waals surface area contributed by atoms with Gasteiger partial charge in [-0.3, -0.25) is 14.3 Å². The Labute approximate surface area is 149 Å². The van der Waals surface area contributed by atoms with Crippen molar-refractivity contribution in [2.45, 2.75) is 58.3 Å². The topological polar surface area (TPSA) is 75.4 Å². The summed E-state index contributed by atoms with van der Waals surface area (Å²) in [5, 5.41) is 14.3. The van der Waals surface area contributed by atoms with Crippen LogP contribution < -0.4 is 0 Å². The Balaban J connectivity index is 1.83. The van der Waals surface area contributed by atoms with Crippen LogP contribution in [-0.4, -0.2) is 44.8 Å². The molecule has 1 unspecified atom stereocenters. The first kappa shape index (κ1) is 18.0. The molecule has 2 fully saturated rings. The quantitative estimate of drug-likeness (QED) is 0.908. The Morgan fingerprint density at radius 3 is 2.52 bits per heavy atom. The predicted molar refractivity (Wildman–Crippen MR) is 94.5 cm³/mol. The molecule has 3 rings (SSSR count). The highest BCUT2D eigenvalue weighted by molar-refractivity contribution is 5.96. The number of aryl methyl sites for hydroxylation is 1. The van der Waals surface area contributed by atoms with Crippen LogP contribution in [0.15, 0.2) is 6.20 Å². The van der Waals surface area contributed by atoms with Crippen molar-refractivity contribution >= 4 is 11.9 Å². The average Bonchev–Trinajstić information content (AvgIpc) is 3.20. The smallest absolute Gasteiger partial charge is 0.311 e. The molecule has 1 aromatic rings. The second-order valence-electron chi connectivity index (χ2n) is 8.03. The number of rotatable bonds is 4. The van der Waals surface area contributed by atoms with Crippen molar-refractivity contribution in [3.63, 3.8) is 0 Å². The van der Waals surface area contributed by atoms with Crippen molar-refractivity contribution in [2.75, 3.05) is 13.1 Å². The van der Waals surface area contributed by atoms with E-state index in [4.69, 9.17) is 0 Å².